The van der Waals surface area contributed by atoms with Gasteiger partial charge in [0, 0.05) is 6.04 Å². The SMILES string of the molecule is CC(C)OC(=O)NS(=O)(=O)NC(CO)C(C)C. The van der Waals surface area contributed by atoms with Crippen molar-refractivity contribution in [3.8, 4) is 0 Å². The lowest BCUT2D eigenvalue weighted by molar-refractivity contribution is 0.121. The number of ether oxygens (including phenoxy) is 1. The fourth-order valence-corrected chi connectivity index (χ4v) is 2.03. The second-order valence-electron chi connectivity index (χ2n) is 4.21. The molecule has 0 rings (SSSR count). The topological polar surface area (TPSA) is 105 Å². The molecule has 8 heteroatoms. The van der Waals surface area contributed by atoms with E-state index in [1.54, 1.807) is 32.4 Å². The fourth-order valence-electron chi connectivity index (χ4n) is 0.961. The molecule has 1 atom stereocenters. The molecule has 102 valence electrons. The van der Waals surface area contributed by atoms with E-state index >= 15 is 0 Å². The second-order valence-corrected chi connectivity index (χ2v) is 5.66. The van der Waals surface area contributed by atoms with E-state index in [0.717, 1.165) is 0 Å². The smallest absolute Gasteiger partial charge is 0.422 e. The fraction of sp³-hybridized carbons (Fsp3) is 0.889. The number of rotatable bonds is 6. The predicted molar refractivity (Wildman–Crippen MR) is 62.5 cm³/mol. The maximum Gasteiger partial charge on any atom is 0.422 e. The van der Waals surface area contributed by atoms with Crippen molar-refractivity contribution in [1.29, 1.82) is 0 Å². The molecule has 7 nitrogen and oxygen atoms in total. The summed E-state index contributed by atoms with van der Waals surface area (Å²) in [5.74, 6) is -0.0994. The van der Waals surface area contributed by atoms with Crippen LogP contribution in [0, 0.1) is 5.92 Å². The van der Waals surface area contributed by atoms with Gasteiger partial charge in [0.05, 0.1) is 12.7 Å². The largest absolute Gasteiger partial charge is 0.446 e. The van der Waals surface area contributed by atoms with E-state index < -0.39 is 28.4 Å². The Morgan fingerprint density at radius 2 is 1.82 bits per heavy atom. The van der Waals surface area contributed by atoms with Crippen LogP contribution < -0.4 is 9.44 Å². The van der Waals surface area contributed by atoms with Crippen LogP contribution in [0.4, 0.5) is 4.79 Å². The van der Waals surface area contributed by atoms with Crippen molar-refractivity contribution in [1.82, 2.24) is 9.44 Å². The van der Waals surface area contributed by atoms with Crippen LogP contribution in [0.2, 0.25) is 0 Å². The molecule has 0 aliphatic carbocycles. The molecule has 17 heavy (non-hydrogen) atoms. The summed E-state index contributed by atoms with van der Waals surface area (Å²) < 4.78 is 31.4. The molecule has 0 aliphatic heterocycles. The highest BCUT2D eigenvalue weighted by Crippen LogP contribution is 2.01. The van der Waals surface area contributed by atoms with Crippen molar-refractivity contribution in [2.75, 3.05) is 6.61 Å². The highest BCUT2D eigenvalue weighted by Gasteiger charge is 2.22. The molecule has 0 saturated carbocycles. The Hall–Kier alpha value is -0.860. The van der Waals surface area contributed by atoms with Gasteiger partial charge in [-0.05, 0) is 19.8 Å². The van der Waals surface area contributed by atoms with Crippen LogP contribution in [0.15, 0.2) is 0 Å². The molecule has 0 aromatic rings. The summed E-state index contributed by atoms with van der Waals surface area (Å²) >= 11 is 0. The van der Waals surface area contributed by atoms with E-state index in [2.05, 4.69) is 9.46 Å². The monoisotopic (exact) mass is 268 g/mol. The van der Waals surface area contributed by atoms with Crippen LogP contribution in [0.3, 0.4) is 0 Å². The zero-order valence-electron chi connectivity index (χ0n) is 10.4. The maximum absolute atomic E-state index is 11.5. The average Bonchev–Trinajstić information content (AvgIpc) is 2.11. The van der Waals surface area contributed by atoms with Gasteiger partial charge >= 0.3 is 16.3 Å². The van der Waals surface area contributed by atoms with E-state index in [1.165, 1.54) is 0 Å². The Kier molecular flexibility index (Phi) is 6.43. The molecule has 0 fully saturated rings. The van der Waals surface area contributed by atoms with Gasteiger partial charge in [0.2, 0.25) is 0 Å². The van der Waals surface area contributed by atoms with Crippen LogP contribution in [0.1, 0.15) is 27.7 Å². The molecule has 1 amide bonds. The Balaban J connectivity index is 4.43. The van der Waals surface area contributed by atoms with E-state index in [-0.39, 0.29) is 12.5 Å². The number of carbonyl (C=O) groups excluding carboxylic acids is 1. The van der Waals surface area contributed by atoms with Crippen LogP contribution in [-0.2, 0) is 14.9 Å². The molecule has 0 saturated heterocycles. The Labute approximate surface area is 102 Å². The van der Waals surface area contributed by atoms with Crippen molar-refractivity contribution < 1.29 is 23.1 Å². The molecule has 0 radical (unpaired) electrons. The molecule has 0 bridgehead atoms. The highest BCUT2D eigenvalue weighted by atomic mass is 32.2. The lowest BCUT2D eigenvalue weighted by Crippen LogP contribution is -2.48. The summed E-state index contributed by atoms with van der Waals surface area (Å²) in [5.41, 5.74) is 0. The summed E-state index contributed by atoms with van der Waals surface area (Å²) in [5, 5.41) is 8.97. The summed E-state index contributed by atoms with van der Waals surface area (Å²) in [6.07, 6.45) is -1.46. The normalized spacial score (nSPS) is 13.8. The molecular formula is C9H20N2O5S. The van der Waals surface area contributed by atoms with Gasteiger partial charge in [-0.2, -0.15) is 13.1 Å². The van der Waals surface area contributed by atoms with Crippen molar-refractivity contribution in [2.24, 2.45) is 5.92 Å². The van der Waals surface area contributed by atoms with Crippen molar-refractivity contribution in [3.63, 3.8) is 0 Å². The predicted octanol–water partition coefficient (Wildman–Crippen LogP) is -0.0277. The molecular weight excluding hydrogens is 248 g/mol. The first-order valence-corrected chi connectivity index (χ1v) is 6.77. The van der Waals surface area contributed by atoms with Crippen LogP contribution in [-0.4, -0.2) is 38.4 Å². The summed E-state index contributed by atoms with van der Waals surface area (Å²) in [7, 11) is -4.02. The van der Waals surface area contributed by atoms with Crippen molar-refractivity contribution in [2.45, 2.75) is 39.8 Å². The zero-order chi connectivity index (χ0) is 13.6. The van der Waals surface area contributed by atoms with Gasteiger partial charge < -0.3 is 9.84 Å². The Bertz CT molecular complexity index is 339. The first kappa shape index (κ1) is 16.1. The van der Waals surface area contributed by atoms with E-state index in [0.29, 0.717) is 0 Å². The standard InChI is InChI=1S/C9H20N2O5S/c1-6(2)8(5-12)10-17(14,15)11-9(13)16-7(3)4/h6-8,10,12H,5H2,1-4H3,(H,11,13). The zero-order valence-corrected chi connectivity index (χ0v) is 11.2. The number of hydrogen-bond acceptors (Lipinski definition) is 5. The molecule has 3 N–H and O–H groups in total. The van der Waals surface area contributed by atoms with E-state index in [4.69, 9.17) is 5.11 Å². The number of amides is 1. The molecule has 1 unspecified atom stereocenters. The van der Waals surface area contributed by atoms with Crippen molar-refractivity contribution >= 4 is 16.3 Å². The molecule has 0 heterocycles. The minimum Gasteiger partial charge on any atom is -0.446 e. The molecule has 0 aromatic heterocycles. The van der Waals surface area contributed by atoms with Gasteiger partial charge in [-0.3, -0.25) is 0 Å². The van der Waals surface area contributed by atoms with E-state index in [9.17, 15) is 13.2 Å². The second kappa shape index (κ2) is 6.77. The third-order valence-electron chi connectivity index (χ3n) is 1.87. The number of aliphatic hydroxyl groups excluding tert-OH is 1. The minimum atomic E-state index is -4.02. The average molecular weight is 268 g/mol. The van der Waals surface area contributed by atoms with Gasteiger partial charge in [0.25, 0.3) is 0 Å². The van der Waals surface area contributed by atoms with Crippen LogP contribution in [0.5, 0.6) is 0 Å². The first-order chi connectivity index (χ1) is 7.68. The Morgan fingerprint density at radius 3 is 2.18 bits per heavy atom. The highest BCUT2D eigenvalue weighted by molar-refractivity contribution is 7.88. The molecule has 0 spiro atoms. The lowest BCUT2D eigenvalue weighted by atomic mass is 10.1. The third kappa shape index (κ3) is 7.14. The third-order valence-corrected chi connectivity index (χ3v) is 2.92. The molecule has 0 aliphatic rings. The van der Waals surface area contributed by atoms with E-state index in [1.807, 2.05) is 0 Å². The van der Waals surface area contributed by atoms with Crippen LogP contribution >= 0.6 is 0 Å². The van der Waals surface area contributed by atoms with Crippen molar-refractivity contribution in [3.05, 3.63) is 0 Å². The first-order valence-electron chi connectivity index (χ1n) is 5.29. The number of nitrogens with one attached hydrogen (secondary N) is 2. The summed E-state index contributed by atoms with van der Waals surface area (Å²) in [6.45, 7) is 6.35. The van der Waals surface area contributed by atoms with Gasteiger partial charge in [0.1, 0.15) is 0 Å². The van der Waals surface area contributed by atoms with Gasteiger partial charge in [-0.1, -0.05) is 13.8 Å². The maximum atomic E-state index is 11.5. The minimum absolute atomic E-state index is 0.0994. The number of aliphatic hydroxyl groups is 1. The number of carbonyl (C=O) groups is 1. The quantitative estimate of drug-likeness (QED) is 0.627. The van der Waals surface area contributed by atoms with Crippen LogP contribution in [0.25, 0.3) is 0 Å². The van der Waals surface area contributed by atoms with Gasteiger partial charge in [-0.25, -0.2) is 9.52 Å². The summed E-state index contributed by atoms with van der Waals surface area (Å²) in [4.78, 5) is 11.1. The van der Waals surface area contributed by atoms with Gasteiger partial charge in [0.15, 0.2) is 0 Å². The van der Waals surface area contributed by atoms with Gasteiger partial charge in [-0.15, -0.1) is 0 Å². The Morgan fingerprint density at radius 1 is 1.29 bits per heavy atom. The number of hydrogen-bond donors (Lipinski definition) is 3. The summed E-state index contributed by atoms with van der Waals surface area (Å²) in [6, 6.07) is -0.653. The molecule has 0 aromatic carbocycles. The lowest BCUT2D eigenvalue weighted by Gasteiger charge is -2.20.